The average molecular weight is 395 g/mol. The topological polar surface area (TPSA) is 58.8 Å². The van der Waals surface area contributed by atoms with Gasteiger partial charge in [0.2, 0.25) is 0 Å². The van der Waals surface area contributed by atoms with Crippen molar-refractivity contribution in [2.75, 3.05) is 33.4 Å². The van der Waals surface area contributed by atoms with Crippen molar-refractivity contribution in [2.24, 2.45) is 10.9 Å². The molecule has 0 fully saturated rings. The second-order valence-corrected chi connectivity index (χ2v) is 4.72. The Morgan fingerprint density at radius 3 is 2.70 bits per heavy atom. The van der Waals surface area contributed by atoms with Crippen LogP contribution in [0.1, 0.15) is 19.6 Å². The van der Waals surface area contributed by atoms with Crippen LogP contribution in [0.15, 0.2) is 27.8 Å². The molecule has 0 unspecified atom stereocenters. The fourth-order valence-electron chi connectivity index (χ4n) is 1.54. The maximum Gasteiger partial charge on any atom is 0.191 e. The SMILES string of the molecule is CN=C(NCCOCC(C)C)NCCc1ccco1.I. The number of guanidine groups is 1. The molecule has 5 nitrogen and oxygen atoms in total. The first-order valence-electron chi connectivity index (χ1n) is 6.77. The summed E-state index contributed by atoms with van der Waals surface area (Å²) < 4.78 is 10.8. The quantitative estimate of drug-likeness (QED) is 0.307. The molecule has 1 aromatic rings. The van der Waals surface area contributed by atoms with E-state index in [4.69, 9.17) is 9.15 Å². The third kappa shape index (κ3) is 9.19. The van der Waals surface area contributed by atoms with Crippen LogP contribution >= 0.6 is 24.0 Å². The van der Waals surface area contributed by atoms with Gasteiger partial charge in [-0.05, 0) is 18.1 Å². The van der Waals surface area contributed by atoms with Crippen LogP contribution in [0.5, 0.6) is 0 Å². The summed E-state index contributed by atoms with van der Waals surface area (Å²) in [7, 11) is 1.76. The number of furan rings is 1. The Morgan fingerprint density at radius 2 is 2.10 bits per heavy atom. The lowest BCUT2D eigenvalue weighted by Crippen LogP contribution is -2.39. The molecule has 116 valence electrons. The molecular weight excluding hydrogens is 369 g/mol. The molecule has 1 rings (SSSR count). The summed E-state index contributed by atoms with van der Waals surface area (Å²) in [6.45, 7) is 7.32. The van der Waals surface area contributed by atoms with E-state index < -0.39 is 0 Å². The molecular formula is C14H26IN3O2. The van der Waals surface area contributed by atoms with E-state index in [9.17, 15) is 0 Å². The van der Waals surface area contributed by atoms with Crippen molar-refractivity contribution >= 4 is 29.9 Å². The average Bonchev–Trinajstić information content (AvgIpc) is 2.89. The molecule has 0 saturated carbocycles. The minimum atomic E-state index is 0. The van der Waals surface area contributed by atoms with Gasteiger partial charge in [0.25, 0.3) is 0 Å². The van der Waals surface area contributed by atoms with E-state index in [1.807, 2.05) is 12.1 Å². The van der Waals surface area contributed by atoms with Gasteiger partial charge in [0.1, 0.15) is 5.76 Å². The Morgan fingerprint density at radius 1 is 1.35 bits per heavy atom. The Balaban J connectivity index is 0.00000361. The summed E-state index contributed by atoms with van der Waals surface area (Å²) in [6, 6.07) is 3.87. The Labute approximate surface area is 138 Å². The molecule has 0 aliphatic rings. The molecule has 0 radical (unpaired) electrons. The molecule has 0 aliphatic carbocycles. The summed E-state index contributed by atoms with van der Waals surface area (Å²) in [6.07, 6.45) is 2.53. The van der Waals surface area contributed by atoms with E-state index >= 15 is 0 Å². The smallest absolute Gasteiger partial charge is 0.191 e. The molecule has 20 heavy (non-hydrogen) atoms. The van der Waals surface area contributed by atoms with Gasteiger partial charge in [-0.1, -0.05) is 13.8 Å². The number of hydrogen-bond acceptors (Lipinski definition) is 3. The molecule has 6 heteroatoms. The van der Waals surface area contributed by atoms with Gasteiger partial charge in [0.05, 0.1) is 12.9 Å². The predicted octanol–water partition coefficient (Wildman–Crippen LogP) is 2.28. The number of nitrogens with zero attached hydrogens (tertiary/aromatic N) is 1. The van der Waals surface area contributed by atoms with Crippen molar-refractivity contribution in [3.63, 3.8) is 0 Å². The van der Waals surface area contributed by atoms with E-state index in [0.29, 0.717) is 12.5 Å². The van der Waals surface area contributed by atoms with Gasteiger partial charge in [-0.2, -0.15) is 0 Å². The minimum Gasteiger partial charge on any atom is -0.469 e. The first-order valence-corrected chi connectivity index (χ1v) is 6.77. The standard InChI is InChI=1S/C14H25N3O2.HI/c1-12(2)11-18-10-8-17-14(15-3)16-7-6-13-5-4-9-19-13;/h4-5,9,12H,6-8,10-11H2,1-3H3,(H2,15,16,17);1H. The molecule has 0 spiro atoms. The van der Waals surface area contributed by atoms with Crippen molar-refractivity contribution in [1.29, 1.82) is 0 Å². The van der Waals surface area contributed by atoms with Gasteiger partial charge in [-0.15, -0.1) is 24.0 Å². The Hall–Kier alpha value is -0.760. The van der Waals surface area contributed by atoms with Crippen LogP contribution < -0.4 is 10.6 Å². The molecule has 0 saturated heterocycles. The highest BCUT2D eigenvalue weighted by atomic mass is 127. The lowest BCUT2D eigenvalue weighted by molar-refractivity contribution is 0.114. The summed E-state index contributed by atoms with van der Waals surface area (Å²) in [5.41, 5.74) is 0. The summed E-state index contributed by atoms with van der Waals surface area (Å²) in [4.78, 5) is 4.15. The van der Waals surface area contributed by atoms with Crippen LogP contribution in [0, 0.1) is 5.92 Å². The second-order valence-electron chi connectivity index (χ2n) is 4.72. The van der Waals surface area contributed by atoms with Crippen LogP contribution in [-0.2, 0) is 11.2 Å². The van der Waals surface area contributed by atoms with E-state index in [-0.39, 0.29) is 24.0 Å². The monoisotopic (exact) mass is 395 g/mol. The molecule has 0 amide bonds. The van der Waals surface area contributed by atoms with E-state index in [1.54, 1.807) is 13.3 Å². The number of aliphatic imine (C=N–C) groups is 1. The zero-order valence-corrected chi connectivity index (χ0v) is 14.8. The number of nitrogens with one attached hydrogen (secondary N) is 2. The summed E-state index contributed by atoms with van der Waals surface area (Å²) >= 11 is 0. The molecule has 0 atom stereocenters. The van der Waals surface area contributed by atoms with Crippen molar-refractivity contribution < 1.29 is 9.15 Å². The minimum absolute atomic E-state index is 0. The highest BCUT2D eigenvalue weighted by Crippen LogP contribution is 1.99. The van der Waals surface area contributed by atoms with Crippen molar-refractivity contribution in [3.8, 4) is 0 Å². The fourth-order valence-corrected chi connectivity index (χ4v) is 1.54. The fraction of sp³-hybridized carbons (Fsp3) is 0.643. The Kier molecular flexibility index (Phi) is 11.6. The van der Waals surface area contributed by atoms with Gasteiger partial charge < -0.3 is 19.8 Å². The highest BCUT2D eigenvalue weighted by molar-refractivity contribution is 14.0. The first kappa shape index (κ1) is 19.2. The first-order chi connectivity index (χ1) is 9.22. The zero-order chi connectivity index (χ0) is 13.9. The van der Waals surface area contributed by atoms with Gasteiger partial charge in [0.15, 0.2) is 5.96 Å². The van der Waals surface area contributed by atoms with Crippen molar-refractivity contribution in [2.45, 2.75) is 20.3 Å². The lowest BCUT2D eigenvalue weighted by atomic mass is 10.2. The van der Waals surface area contributed by atoms with Crippen molar-refractivity contribution in [1.82, 2.24) is 10.6 Å². The van der Waals surface area contributed by atoms with Gasteiger partial charge in [-0.3, -0.25) is 4.99 Å². The van der Waals surface area contributed by atoms with Crippen LogP contribution in [-0.4, -0.2) is 39.3 Å². The number of halogens is 1. The second kappa shape index (κ2) is 12.0. The highest BCUT2D eigenvalue weighted by Gasteiger charge is 1.99. The Bertz CT molecular complexity index is 353. The van der Waals surface area contributed by atoms with E-state index in [0.717, 1.165) is 37.8 Å². The van der Waals surface area contributed by atoms with Gasteiger partial charge in [-0.25, -0.2) is 0 Å². The molecule has 0 aromatic carbocycles. The molecule has 2 N–H and O–H groups in total. The van der Waals surface area contributed by atoms with Gasteiger partial charge >= 0.3 is 0 Å². The van der Waals surface area contributed by atoms with Crippen molar-refractivity contribution in [3.05, 3.63) is 24.2 Å². The lowest BCUT2D eigenvalue weighted by Gasteiger charge is -2.12. The maximum atomic E-state index is 5.49. The zero-order valence-electron chi connectivity index (χ0n) is 12.5. The third-order valence-corrected chi connectivity index (χ3v) is 2.46. The van der Waals surface area contributed by atoms with Crippen LogP contribution in [0.4, 0.5) is 0 Å². The summed E-state index contributed by atoms with van der Waals surface area (Å²) in [5.74, 6) is 2.34. The molecule has 0 aliphatic heterocycles. The summed E-state index contributed by atoms with van der Waals surface area (Å²) in [5, 5.41) is 6.44. The number of ether oxygens (including phenoxy) is 1. The van der Waals surface area contributed by atoms with E-state index in [1.165, 1.54) is 0 Å². The number of rotatable bonds is 8. The molecule has 0 bridgehead atoms. The third-order valence-electron chi connectivity index (χ3n) is 2.46. The van der Waals surface area contributed by atoms with Gasteiger partial charge in [0, 0.05) is 33.2 Å². The van der Waals surface area contributed by atoms with Crippen LogP contribution in [0.3, 0.4) is 0 Å². The normalized spacial score (nSPS) is 11.3. The maximum absolute atomic E-state index is 5.49. The predicted molar refractivity (Wildman–Crippen MR) is 92.8 cm³/mol. The molecule has 1 aromatic heterocycles. The largest absolute Gasteiger partial charge is 0.469 e. The van der Waals surface area contributed by atoms with Crippen LogP contribution in [0.25, 0.3) is 0 Å². The molecule has 1 heterocycles. The van der Waals surface area contributed by atoms with Crippen LogP contribution in [0.2, 0.25) is 0 Å². The van der Waals surface area contributed by atoms with E-state index in [2.05, 4.69) is 29.5 Å². The number of hydrogen-bond donors (Lipinski definition) is 2.